The van der Waals surface area contributed by atoms with Gasteiger partial charge in [0.15, 0.2) is 18.2 Å². The first-order valence-corrected chi connectivity index (χ1v) is 17.0. The van der Waals surface area contributed by atoms with Gasteiger partial charge < -0.3 is 15.0 Å². The first-order chi connectivity index (χ1) is 20.6. The van der Waals surface area contributed by atoms with E-state index in [0.29, 0.717) is 39.8 Å². The van der Waals surface area contributed by atoms with E-state index < -0.39 is 5.92 Å². The van der Waals surface area contributed by atoms with Gasteiger partial charge in [0.2, 0.25) is 0 Å². The molecule has 0 radical (unpaired) electrons. The maximum Gasteiger partial charge on any atom is 0.262 e. The van der Waals surface area contributed by atoms with Gasteiger partial charge in [0.05, 0.1) is 4.47 Å². The number of hydrogen-bond acceptors (Lipinski definition) is 5. The number of halogens is 2. The number of nitrogens with one attached hydrogen (secondary N) is 1. The van der Waals surface area contributed by atoms with Crippen molar-refractivity contribution in [3.05, 3.63) is 78.5 Å². The number of aryl methyl sites for hydroxylation is 2. The van der Waals surface area contributed by atoms with Crippen LogP contribution in [0.15, 0.2) is 61.8 Å². The summed E-state index contributed by atoms with van der Waals surface area (Å²) < 4.78 is 7.74. The molecule has 8 heteroatoms. The lowest BCUT2D eigenvalue weighted by Crippen LogP contribution is -2.44. The second kappa shape index (κ2) is 12.2. The van der Waals surface area contributed by atoms with Crippen LogP contribution >= 0.6 is 31.9 Å². The average molecular weight is 727 g/mol. The van der Waals surface area contributed by atoms with Crippen molar-refractivity contribution in [2.75, 3.05) is 18.5 Å². The Balaban J connectivity index is 1.63. The summed E-state index contributed by atoms with van der Waals surface area (Å²) in [5, 5.41) is 2.96. The maximum atomic E-state index is 14.1. The zero-order valence-electron chi connectivity index (χ0n) is 26.7. The van der Waals surface area contributed by atoms with Crippen LogP contribution in [0.1, 0.15) is 89.3 Å². The zero-order chi connectivity index (χ0) is 32.1. The third kappa shape index (κ3) is 6.48. The first kappa shape index (κ1) is 32.7. The Morgan fingerprint density at radius 1 is 0.932 bits per heavy atom. The molecule has 2 aromatic carbocycles. The monoisotopic (exact) mass is 724 g/mol. The summed E-state index contributed by atoms with van der Waals surface area (Å²) in [5.41, 5.74) is 6.59. The molecule has 0 saturated carbocycles. The smallest absolute Gasteiger partial charge is 0.262 e. The molecule has 1 amide bonds. The SMILES string of the molecule is CCCN1C2=C(C(=O)CC(C)(C)C2)C(c2cc(Br)cc(Br)c2OCC(=O)Nc2ccc(C)cc2C)C2=C1CC(C)(C)CC2=O. The van der Waals surface area contributed by atoms with Crippen molar-refractivity contribution in [2.45, 2.75) is 86.5 Å². The molecule has 44 heavy (non-hydrogen) atoms. The van der Waals surface area contributed by atoms with Crippen molar-refractivity contribution < 1.29 is 19.1 Å². The molecule has 1 N–H and O–H groups in total. The molecule has 0 atom stereocenters. The van der Waals surface area contributed by atoms with Gasteiger partial charge in [-0.25, -0.2) is 0 Å². The third-order valence-electron chi connectivity index (χ3n) is 8.82. The van der Waals surface area contributed by atoms with E-state index in [1.807, 2.05) is 44.2 Å². The van der Waals surface area contributed by atoms with Crippen LogP contribution in [0.25, 0.3) is 0 Å². The molecule has 1 aliphatic heterocycles. The number of hydrogen-bond donors (Lipinski definition) is 1. The predicted octanol–water partition coefficient (Wildman–Crippen LogP) is 8.94. The van der Waals surface area contributed by atoms with E-state index in [9.17, 15) is 14.4 Å². The van der Waals surface area contributed by atoms with E-state index in [2.05, 4.69) is 76.7 Å². The number of anilines is 1. The Hall–Kier alpha value is -2.71. The maximum absolute atomic E-state index is 14.1. The third-order valence-corrected chi connectivity index (χ3v) is 9.87. The summed E-state index contributed by atoms with van der Waals surface area (Å²) in [5.74, 6) is -0.262. The van der Waals surface area contributed by atoms with Crippen LogP contribution in [0.5, 0.6) is 5.75 Å². The van der Waals surface area contributed by atoms with Crippen molar-refractivity contribution in [3.8, 4) is 5.75 Å². The molecule has 0 saturated heterocycles. The lowest BCUT2D eigenvalue weighted by Gasteiger charge is -2.49. The van der Waals surface area contributed by atoms with Crippen LogP contribution in [0.4, 0.5) is 5.69 Å². The molecule has 234 valence electrons. The van der Waals surface area contributed by atoms with Gasteiger partial charge in [-0.1, -0.05) is 68.2 Å². The minimum Gasteiger partial charge on any atom is -0.482 e. The van der Waals surface area contributed by atoms with Crippen LogP contribution in [-0.2, 0) is 14.4 Å². The number of rotatable bonds is 7. The van der Waals surface area contributed by atoms with Crippen LogP contribution < -0.4 is 10.1 Å². The lowest BCUT2D eigenvalue weighted by atomic mass is 9.63. The number of carbonyl (C=O) groups is 3. The molecular weight excluding hydrogens is 684 g/mol. The largest absolute Gasteiger partial charge is 0.482 e. The standard InChI is InChI=1S/C36H42Br2N2O4/c1-8-11-40-26-15-35(4,5)17-28(41)32(26)31(33-27(40)16-36(6,7)18-29(33)42)23-13-22(37)14-24(38)34(23)44-19-30(43)39-25-10-9-20(2)12-21(25)3/h9-10,12-14,31H,8,11,15-19H2,1-7H3,(H,39,43). The van der Waals surface area contributed by atoms with Crippen LogP contribution in [-0.4, -0.2) is 35.5 Å². The molecule has 1 heterocycles. The molecule has 0 unspecified atom stereocenters. The Labute approximate surface area is 277 Å². The average Bonchev–Trinajstić information content (AvgIpc) is 2.89. The summed E-state index contributed by atoms with van der Waals surface area (Å²) in [4.78, 5) is 43.7. The topological polar surface area (TPSA) is 75.7 Å². The summed E-state index contributed by atoms with van der Waals surface area (Å²) >= 11 is 7.34. The number of nitrogens with zero attached hydrogens (tertiary/aromatic N) is 1. The molecule has 0 aromatic heterocycles. The highest BCUT2D eigenvalue weighted by Gasteiger charge is 2.49. The fraction of sp³-hybridized carbons (Fsp3) is 0.472. The number of ketones is 2. The minimum atomic E-state index is -0.577. The van der Waals surface area contributed by atoms with Gasteiger partial charge in [0, 0.05) is 63.6 Å². The van der Waals surface area contributed by atoms with Crippen molar-refractivity contribution in [3.63, 3.8) is 0 Å². The Morgan fingerprint density at radius 3 is 2.07 bits per heavy atom. The molecule has 2 aromatic rings. The van der Waals surface area contributed by atoms with Gasteiger partial charge in [-0.15, -0.1) is 0 Å². The van der Waals surface area contributed by atoms with E-state index >= 15 is 0 Å². The van der Waals surface area contributed by atoms with E-state index in [-0.39, 0.29) is 34.9 Å². The highest BCUT2D eigenvalue weighted by Crippen LogP contribution is 2.56. The van der Waals surface area contributed by atoms with Crippen molar-refractivity contribution in [1.82, 2.24) is 4.90 Å². The molecule has 3 aliphatic rings. The van der Waals surface area contributed by atoms with Gasteiger partial charge in [-0.05, 0) is 83.6 Å². The van der Waals surface area contributed by atoms with E-state index in [0.717, 1.165) is 58.5 Å². The zero-order valence-corrected chi connectivity index (χ0v) is 29.9. The van der Waals surface area contributed by atoms with E-state index in [1.165, 1.54) is 0 Å². The van der Waals surface area contributed by atoms with Gasteiger partial charge in [-0.3, -0.25) is 14.4 Å². The molecular formula is C36H42Br2N2O4. The molecule has 5 rings (SSSR count). The first-order valence-electron chi connectivity index (χ1n) is 15.4. The summed E-state index contributed by atoms with van der Waals surface area (Å²) in [6, 6.07) is 9.68. The van der Waals surface area contributed by atoms with Gasteiger partial charge in [0.1, 0.15) is 5.75 Å². The number of amides is 1. The van der Waals surface area contributed by atoms with E-state index in [4.69, 9.17) is 4.74 Å². The number of ether oxygens (including phenoxy) is 1. The summed E-state index contributed by atoms with van der Waals surface area (Å²) in [6.07, 6.45) is 3.22. The van der Waals surface area contributed by atoms with Gasteiger partial charge in [0.25, 0.3) is 5.91 Å². The Morgan fingerprint density at radius 2 is 1.52 bits per heavy atom. The second-order valence-electron chi connectivity index (χ2n) is 14.1. The molecule has 6 nitrogen and oxygen atoms in total. The fourth-order valence-corrected chi connectivity index (χ4v) is 8.45. The number of Topliss-reactive ketones (excluding diaryl/α,β-unsaturated/α-hetero) is 2. The highest BCUT2D eigenvalue weighted by molar-refractivity contribution is 9.11. The molecule has 0 bridgehead atoms. The van der Waals surface area contributed by atoms with Crippen molar-refractivity contribution >= 4 is 55.0 Å². The molecule has 0 fully saturated rings. The summed E-state index contributed by atoms with van der Waals surface area (Å²) in [7, 11) is 0. The number of benzene rings is 2. The molecule has 0 spiro atoms. The molecule has 2 aliphatic carbocycles. The highest BCUT2D eigenvalue weighted by atomic mass is 79.9. The van der Waals surface area contributed by atoms with E-state index in [1.54, 1.807) is 0 Å². The van der Waals surface area contributed by atoms with Gasteiger partial charge >= 0.3 is 0 Å². The van der Waals surface area contributed by atoms with Crippen molar-refractivity contribution in [2.24, 2.45) is 10.8 Å². The number of carbonyl (C=O) groups excluding carboxylic acids is 3. The van der Waals surface area contributed by atoms with Crippen LogP contribution in [0.3, 0.4) is 0 Å². The van der Waals surface area contributed by atoms with Crippen LogP contribution in [0, 0.1) is 24.7 Å². The Bertz CT molecular complexity index is 1560. The predicted molar refractivity (Wildman–Crippen MR) is 182 cm³/mol. The second-order valence-corrected chi connectivity index (χ2v) is 15.9. The fourth-order valence-electron chi connectivity index (χ4n) is 7.08. The Kier molecular flexibility index (Phi) is 9.09. The minimum absolute atomic E-state index is 0.0705. The quantitative estimate of drug-likeness (QED) is 0.309. The summed E-state index contributed by atoms with van der Waals surface area (Å²) in [6.45, 7) is 15.2. The number of allylic oxidation sites excluding steroid dienone is 4. The van der Waals surface area contributed by atoms with Gasteiger partial charge in [-0.2, -0.15) is 0 Å². The van der Waals surface area contributed by atoms with Crippen LogP contribution in [0.2, 0.25) is 0 Å². The normalized spacial score (nSPS) is 19.6. The van der Waals surface area contributed by atoms with Crippen molar-refractivity contribution in [1.29, 1.82) is 0 Å². The lowest BCUT2D eigenvalue weighted by molar-refractivity contribution is -0.120.